The zero-order valence-electron chi connectivity index (χ0n) is 21.5. The van der Waals surface area contributed by atoms with Gasteiger partial charge >= 0.3 is 0 Å². The topological polar surface area (TPSA) is 74.4 Å². The van der Waals surface area contributed by atoms with E-state index >= 15 is 0 Å². The molecular formula is C29H31N5O3. The van der Waals surface area contributed by atoms with Crippen LogP contribution in [0.25, 0.3) is 33.6 Å². The van der Waals surface area contributed by atoms with Gasteiger partial charge in [-0.05, 0) is 73.6 Å². The lowest BCUT2D eigenvalue weighted by Crippen LogP contribution is -2.53. The van der Waals surface area contributed by atoms with Crippen LogP contribution in [-0.2, 0) is 13.6 Å². The fourth-order valence-corrected chi connectivity index (χ4v) is 7.34. The minimum Gasteiger partial charge on any atom is -0.494 e. The van der Waals surface area contributed by atoms with Crippen LogP contribution in [0.15, 0.2) is 30.3 Å². The maximum atomic E-state index is 13.6. The van der Waals surface area contributed by atoms with E-state index in [1.165, 1.54) is 25.7 Å². The Bertz CT molecular complexity index is 1600. The molecule has 3 aliphatic carbocycles. The zero-order chi connectivity index (χ0) is 25.0. The van der Waals surface area contributed by atoms with Gasteiger partial charge in [0.2, 0.25) is 5.88 Å². The molecule has 0 bridgehead atoms. The molecule has 4 fully saturated rings. The van der Waals surface area contributed by atoms with Crippen LogP contribution in [0.4, 0.5) is 0 Å². The molecule has 4 heterocycles. The van der Waals surface area contributed by atoms with Crippen molar-refractivity contribution in [2.24, 2.45) is 30.7 Å². The van der Waals surface area contributed by atoms with Crippen LogP contribution < -0.4 is 9.47 Å². The lowest BCUT2D eigenvalue weighted by molar-refractivity contribution is -0.0204. The first kappa shape index (κ1) is 21.5. The van der Waals surface area contributed by atoms with Crippen LogP contribution in [0, 0.1) is 23.7 Å². The Morgan fingerprint density at radius 1 is 1.05 bits per heavy atom. The van der Waals surface area contributed by atoms with Crippen molar-refractivity contribution in [3.63, 3.8) is 0 Å². The number of aryl methyl sites for hydroxylation is 1. The fourth-order valence-electron chi connectivity index (χ4n) is 7.34. The van der Waals surface area contributed by atoms with E-state index in [2.05, 4.69) is 26.2 Å². The Hall–Kier alpha value is -3.55. The molecule has 4 aromatic rings. The van der Waals surface area contributed by atoms with E-state index in [0.717, 1.165) is 58.5 Å². The molecule has 0 radical (unpaired) electrons. The van der Waals surface area contributed by atoms with Gasteiger partial charge in [0.15, 0.2) is 5.82 Å². The number of imidazole rings is 1. The first-order valence-electron chi connectivity index (χ1n) is 13.4. The Kier molecular flexibility index (Phi) is 4.36. The molecular weight excluding hydrogens is 466 g/mol. The van der Waals surface area contributed by atoms with Crippen molar-refractivity contribution < 1.29 is 14.3 Å². The summed E-state index contributed by atoms with van der Waals surface area (Å²) in [6, 6.07) is 10.4. The number of rotatable bonds is 6. The van der Waals surface area contributed by atoms with Crippen LogP contribution in [-0.4, -0.2) is 56.7 Å². The summed E-state index contributed by atoms with van der Waals surface area (Å²) in [7, 11) is 5.34. The van der Waals surface area contributed by atoms with Crippen LogP contribution in [0.5, 0.6) is 11.6 Å². The fraction of sp³-hybridized carbons (Fsp3) is 0.483. The molecule has 1 unspecified atom stereocenters. The molecule has 37 heavy (non-hydrogen) atoms. The highest BCUT2D eigenvalue weighted by Crippen LogP contribution is 2.60. The summed E-state index contributed by atoms with van der Waals surface area (Å²) in [4.78, 5) is 25.6. The molecule has 3 saturated carbocycles. The Labute approximate surface area is 215 Å². The standard InChI is InChI=1S/C29H31N5O3/c1-32-26-20(9-18(12-23(26)36-2)29(35)34-14-19-8-17-11-21(34)25(17)19)30-28(32)22-10-16-6-7-24(37-3)31-27(16)33(22)13-15-4-5-15/h6-7,9-10,12,15,17,19,21,25H,4-5,8,11,13-14H2,1-3H3/t17?,19-,21-,25-/m1/s1. The van der Waals surface area contributed by atoms with Gasteiger partial charge in [0.05, 0.1) is 25.4 Å². The number of aromatic nitrogens is 4. The largest absolute Gasteiger partial charge is 0.494 e. The predicted octanol–water partition coefficient (Wildman–Crippen LogP) is 4.50. The summed E-state index contributed by atoms with van der Waals surface area (Å²) in [6.07, 6.45) is 4.95. The molecule has 3 aromatic heterocycles. The number of likely N-dealkylation sites (tertiary alicyclic amines) is 1. The average molecular weight is 498 g/mol. The molecule has 8 rings (SSSR count). The quantitative estimate of drug-likeness (QED) is 0.392. The highest BCUT2D eigenvalue weighted by Gasteiger charge is 2.61. The number of benzene rings is 1. The second-order valence-electron chi connectivity index (χ2n) is 11.5. The zero-order valence-corrected chi connectivity index (χ0v) is 21.5. The molecule has 1 amide bonds. The first-order chi connectivity index (χ1) is 18.0. The van der Waals surface area contributed by atoms with Crippen molar-refractivity contribution in [2.75, 3.05) is 20.8 Å². The van der Waals surface area contributed by atoms with E-state index < -0.39 is 0 Å². The van der Waals surface area contributed by atoms with Crippen LogP contribution in [0.2, 0.25) is 0 Å². The number of carbonyl (C=O) groups is 1. The van der Waals surface area contributed by atoms with Gasteiger partial charge in [-0.15, -0.1) is 0 Å². The van der Waals surface area contributed by atoms with E-state index in [9.17, 15) is 4.79 Å². The minimum absolute atomic E-state index is 0.115. The predicted molar refractivity (Wildman–Crippen MR) is 140 cm³/mol. The maximum absolute atomic E-state index is 13.6. The van der Waals surface area contributed by atoms with Crippen molar-refractivity contribution in [1.82, 2.24) is 24.0 Å². The highest BCUT2D eigenvalue weighted by atomic mass is 16.5. The second kappa shape index (κ2) is 7.49. The first-order valence-corrected chi connectivity index (χ1v) is 13.4. The van der Waals surface area contributed by atoms with Crippen molar-refractivity contribution in [3.8, 4) is 23.1 Å². The summed E-state index contributed by atoms with van der Waals surface area (Å²) in [5, 5.41) is 1.06. The van der Waals surface area contributed by atoms with Crippen molar-refractivity contribution in [1.29, 1.82) is 0 Å². The minimum atomic E-state index is 0.115. The van der Waals surface area contributed by atoms with Gasteiger partial charge in [-0.1, -0.05) is 0 Å². The number of pyridine rings is 1. The molecule has 1 saturated heterocycles. The third kappa shape index (κ3) is 2.98. The number of fused-ring (bicyclic) bond motifs is 2. The SMILES string of the molecule is COc1ccc2cc(-c3nc4cc(C(=O)N5C[C@H]6CC7C[C@@H]5[C@H]76)cc(OC)c4n3C)n(CC3CC3)c2n1. The Morgan fingerprint density at radius 3 is 2.65 bits per heavy atom. The molecule has 4 atom stereocenters. The normalized spacial score (nSPS) is 25.8. The van der Waals surface area contributed by atoms with Crippen LogP contribution in [0.1, 0.15) is 36.0 Å². The van der Waals surface area contributed by atoms with E-state index in [4.69, 9.17) is 19.4 Å². The molecule has 190 valence electrons. The second-order valence-corrected chi connectivity index (χ2v) is 11.5. The summed E-state index contributed by atoms with van der Waals surface area (Å²) in [6.45, 7) is 1.80. The number of hydrogen-bond acceptors (Lipinski definition) is 5. The number of hydrogen-bond donors (Lipinski definition) is 0. The molecule has 0 spiro atoms. The van der Waals surface area contributed by atoms with E-state index in [1.54, 1.807) is 14.2 Å². The molecule has 8 nitrogen and oxygen atoms in total. The number of methoxy groups -OCH3 is 2. The number of carbonyl (C=O) groups excluding carboxylic acids is 1. The third-order valence-electron chi connectivity index (χ3n) is 9.47. The lowest BCUT2D eigenvalue weighted by atomic mass is 9.53. The summed E-state index contributed by atoms with van der Waals surface area (Å²) >= 11 is 0. The van der Waals surface area contributed by atoms with Gasteiger partial charge < -0.3 is 23.5 Å². The summed E-state index contributed by atoms with van der Waals surface area (Å²) < 4.78 is 15.6. The maximum Gasteiger partial charge on any atom is 0.254 e. The number of amides is 1. The summed E-state index contributed by atoms with van der Waals surface area (Å²) in [5.74, 6) is 5.23. The van der Waals surface area contributed by atoms with E-state index in [0.29, 0.717) is 35.1 Å². The number of ether oxygens (including phenoxy) is 2. The van der Waals surface area contributed by atoms with Crippen molar-refractivity contribution >= 4 is 28.0 Å². The third-order valence-corrected chi connectivity index (χ3v) is 9.47. The van der Waals surface area contributed by atoms with E-state index in [-0.39, 0.29) is 5.91 Å². The van der Waals surface area contributed by atoms with Gasteiger partial charge in [0.1, 0.15) is 16.9 Å². The molecule has 0 N–H and O–H groups in total. The van der Waals surface area contributed by atoms with Crippen molar-refractivity contribution in [2.45, 2.75) is 38.3 Å². The van der Waals surface area contributed by atoms with Gasteiger partial charge in [0.25, 0.3) is 5.91 Å². The average Bonchev–Trinajstić information content (AvgIpc) is 3.57. The molecule has 8 heteroatoms. The van der Waals surface area contributed by atoms with Crippen LogP contribution in [0.3, 0.4) is 0 Å². The monoisotopic (exact) mass is 497 g/mol. The van der Waals surface area contributed by atoms with Gasteiger partial charge in [-0.25, -0.2) is 4.98 Å². The summed E-state index contributed by atoms with van der Waals surface area (Å²) in [5.41, 5.74) is 4.28. The van der Waals surface area contributed by atoms with Crippen molar-refractivity contribution in [3.05, 3.63) is 35.9 Å². The van der Waals surface area contributed by atoms with Gasteiger partial charge in [0, 0.05) is 43.2 Å². The number of nitrogens with zero attached hydrogens (tertiary/aromatic N) is 5. The smallest absolute Gasteiger partial charge is 0.254 e. The van der Waals surface area contributed by atoms with Crippen LogP contribution >= 0.6 is 0 Å². The van der Waals surface area contributed by atoms with Gasteiger partial charge in [-0.2, -0.15) is 4.98 Å². The lowest BCUT2D eigenvalue weighted by Gasteiger charge is -2.52. The highest BCUT2D eigenvalue weighted by molar-refractivity contribution is 6.00. The van der Waals surface area contributed by atoms with E-state index in [1.807, 2.05) is 25.2 Å². The Morgan fingerprint density at radius 2 is 1.92 bits per heavy atom. The molecule has 1 aromatic carbocycles. The molecule has 4 aliphatic rings. The van der Waals surface area contributed by atoms with Gasteiger partial charge in [-0.3, -0.25) is 4.79 Å². The molecule has 1 aliphatic heterocycles. The Balaban J connectivity index is 1.25.